The smallest absolute Gasteiger partial charge is 0.0445 e. The first kappa shape index (κ1) is 13.3. The fourth-order valence-electron chi connectivity index (χ4n) is 2.47. The minimum Gasteiger partial charge on any atom is -0.371 e. The summed E-state index contributed by atoms with van der Waals surface area (Å²) in [5.74, 6) is 0.810. The number of aryl methyl sites for hydroxylation is 1. The lowest BCUT2D eigenvalue weighted by Crippen LogP contribution is -2.26. The lowest BCUT2D eigenvalue weighted by molar-refractivity contribution is 0.587. The van der Waals surface area contributed by atoms with Crippen LogP contribution in [0.15, 0.2) is 12.3 Å². The van der Waals surface area contributed by atoms with E-state index in [-0.39, 0.29) is 0 Å². The summed E-state index contributed by atoms with van der Waals surface area (Å²) in [5, 5.41) is 3.49. The first-order valence-electron chi connectivity index (χ1n) is 7.00. The number of rotatable bonds is 4. The quantitative estimate of drug-likeness (QED) is 0.886. The van der Waals surface area contributed by atoms with Gasteiger partial charge >= 0.3 is 0 Å². The van der Waals surface area contributed by atoms with Crippen LogP contribution in [0.2, 0.25) is 0 Å². The molecule has 100 valence electrons. The fraction of sp³-hybridized carbons (Fsp3) is 0.667. The van der Waals surface area contributed by atoms with E-state index < -0.39 is 0 Å². The third-order valence-corrected chi connectivity index (χ3v) is 3.56. The van der Waals surface area contributed by atoms with Crippen LogP contribution in [0.5, 0.6) is 0 Å². The maximum Gasteiger partial charge on any atom is 0.0445 e. The Morgan fingerprint density at radius 3 is 2.89 bits per heavy atom. The van der Waals surface area contributed by atoms with Crippen LogP contribution in [0.4, 0.5) is 5.69 Å². The van der Waals surface area contributed by atoms with Gasteiger partial charge < -0.3 is 10.2 Å². The average Bonchev–Trinajstić information content (AvgIpc) is 2.74. The van der Waals surface area contributed by atoms with Gasteiger partial charge in [-0.1, -0.05) is 20.8 Å². The standard InChI is InChI=1S/C15H25N3/c1-11(2)16-8-14-9-17-13(4)7-15(14)18-6-5-12(3)10-18/h7,9,11-12,16H,5-6,8,10H2,1-4H3. The highest BCUT2D eigenvalue weighted by Gasteiger charge is 2.21. The van der Waals surface area contributed by atoms with E-state index in [1.165, 1.54) is 30.8 Å². The van der Waals surface area contributed by atoms with Crippen LogP contribution in [0.25, 0.3) is 0 Å². The third kappa shape index (κ3) is 3.22. The zero-order valence-corrected chi connectivity index (χ0v) is 12.0. The largest absolute Gasteiger partial charge is 0.371 e. The van der Waals surface area contributed by atoms with Gasteiger partial charge in [-0.05, 0) is 25.3 Å². The van der Waals surface area contributed by atoms with Crippen molar-refractivity contribution in [3.63, 3.8) is 0 Å². The molecule has 2 heterocycles. The maximum atomic E-state index is 4.44. The molecular weight excluding hydrogens is 222 g/mol. The van der Waals surface area contributed by atoms with E-state index >= 15 is 0 Å². The van der Waals surface area contributed by atoms with Crippen molar-refractivity contribution >= 4 is 5.69 Å². The summed E-state index contributed by atoms with van der Waals surface area (Å²) < 4.78 is 0. The van der Waals surface area contributed by atoms with Gasteiger partial charge in [0.2, 0.25) is 0 Å². The number of hydrogen-bond donors (Lipinski definition) is 1. The Morgan fingerprint density at radius 1 is 1.50 bits per heavy atom. The topological polar surface area (TPSA) is 28.2 Å². The Hall–Kier alpha value is -1.09. The van der Waals surface area contributed by atoms with Crippen molar-refractivity contribution in [2.75, 3.05) is 18.0 Å². The minimum absolute atomic E-state index is 0.511. The molecule has 0 aliphatic carbocycles. The van der Waals surface area contributed by atoms with Crippen molar-refractivity contribution in [1.29, 1.82) is 0 Å². The predicted molar refractivity (Wildman–Crippen MR) is 76.9 cm³/mol. The molecule has 1 N–H and O–H groups in total. The molecule has 0 aromatic carbocycles. The van der Waals surface area contributed by atoms with Crippen LogP contribution in [-0.4, -0.2) is 24.1 Å². The van der Waals surface area contributed by atoms with E-state index in [0.717, 1.165) is 18.2 Å². The normalized spacial score (nSPS) is 19.8. The molecule has 0 spiro atoms. The second-order valence-corrected chi connectivity index (χ2v) is 5.83. The number of nitrogens with zero attached hydrogens (tertiary/aromatic N) is 2. The van der Waals surface area contributed by atoms with Crippen LogP contribution < -0.4 is 10.2 Å². The van der Waals surface area contributed by atoms with Crippen molar-refractivity contribution in [3.05, 3.63) is 23.5 Å². The molecule has 0 saturated carbocycles. The average molecular weight is 247 g/mol. The number of aromatic nitrogens is 1. The predicted octanol–water partition coefficient (Wildman–Crippen LogP) is 2.73. The number of pyridine rings is 1. The molecule has 1 fully saturated rings. The second-order valence-electron chi connectivity index (χ2n) is 5.83. The van der Waals surface area contributed by atoms with E-state index in [9.17, 15) is 0 Å². The first-order valence-corrected chi connectivity index (χ1v) is 7.00. The fourth-order valence-corrected chi connectivity index (χ4v) is 2.47. The Bertz CT molecular complexity index is 401. The molecule has 3 heteroatoms. The number of anilines is 1. The number of nitrogens with one attached hydrogen (secondary N) is 1. The van der Waals surface area contributed by atoms with E-state index in [2.05, 4.69) is 49.0 Å². The SMILES string of the molecule is Cc1cc(N2CCC(C)C2)c(CNC(C)C)cn1. The summed E-state index contributed by atoms with van der Waals surface area (Å²) in [6.45, 7) is 12.0. The van der Waals surface area contributed by atoms with Gasteiger partial charge in [-0.2, -0.15) is 0 Å². The lowest BCUT2D eigenvalue weighted by Gasteiger charge is -2.23. The zero-order valence-electron chi connectivity index (χ0n) is 12.0. The Balaban J connectivity index is 2.18. The van der Waals surface area contributed by atoms with Crippen molar-refractivity contribution in [1.82, 2.24) is 10.3 Å². The van der Waals surface area contributed by atoms with Crippen LogP contribution in [0.1, 0.15) is 38.4 Å². The molecule has 1 atom stereocenters. The summed E-state index contributed by atoms with van der Waals surface area (Å²) in [7, 11) is 0. The van der Waals surface area contributed by atoms with Gasteiger partial charge in [-0.3, -0.25) is 4.98 Å². The summed E-state index contributed by atoms with van der Waals surface area (Å²) >= 11 is 0. The molecule has 1 aromatic heterocycles. The highest BCUT2D eigenvalue weighted by atomic mass is 15.2. The van der Waals surface area contributed by atoms with Gasteiger partial charge in [-0.25, -0.2) is 0 Å². The van der Waals surface area contributed by atoms with Crippen LogP contribution in [0.3, 0.4) is 0 Å². The Kier molecular flexibility index (Phi) is 4.23. The third-order valence-electron chi connectivity index (χ3n) is 3.56. The maximum absolute atomic E-state index is 4.44. The number of hydrogen-bond acceptors (Lipinski definition) is 3. The van der Waals surface area contributed by atoms with Gasteiger partial charge in [0.05, 0.1) is 0 Å². The molecule has 0 radical (unpaired) electrons. The Morgan fingerprint density at radius 2 is 2.28 bits per heavy atom. The molecule has 1 saturated heterocycles. The van der Waals surface area contributed by atoms with Crippen molar-refractivity contribution < 1.29 is 0 Å². The monoisotopic (exact) mass is 247 g/mol. The van der Waals surface area contributed by atoms with Gasteiger partial charge in [0, 0.05) is 48.8 Å². The van der Waals surface area contributed by atoms with Gasteiger partial charge in [0.25, 0.3) is 0 Å². The van der Waals surface area contributed by atoms with E-state index in [1.54, 1.807) is 0 Å². The van der Waals surface area contributed by atoms with Crippen molar-refractivity contribution in [2.24, 2.45) is 5.92 Å². The molecule has 1 aliphatic rings. The molecule has 1 aromatic rings. The summed E-state index contributed by atoms with van der Waals surface area (Å²) in [5.41, 5.74) is 3.81. The summed E-state index contributed by atoms with van der Waals surface area (Å²) in [6.07, 6.45) is 3.33. The molecule has 0 bridgehead atoms. The molecular formula is C15H25N3. The van der Waals surface area contributed by atoms with E-state index in [4.69, 9.17) is 0 Å². The molecule has 0 amide bonds. The van der Waals surface area contributed by atoms with E-state index in [0.29, 0.717) is 6.04 Å². The highest BCUT2D eigenvalue weighted by molar-refractivity contribution is 5.54. The Labute approximate surface area is 111 Å². The lowest BCUT2D eigenvalue weighted by atomic mass is 10.1. The van der Waals surface area contributed by atoms with Gasteiger partial charge in [-0.15, -0.1) is 0 Å². The summed E-state index contributed by atoms with van der Waals surface area (Å²) in [6, 6.07) is 2.74. The van der Waals surface area contributed by atoms with Crippen LogP contribution in [0, 0.1) is 12.8 Å². The molecule has 18 heavy (non-hydrogen) atoms. The molecule has 2 rings (SSSR count). The van der Waals surface area contributed by atoms with Crippen molar-refractivity contribution in [2.45, 2.75) is 46.7 Å². The van der Waals surface area contributed by atoms with Crippen molar-refractivity contribution in [3.8, 4) is 0 Å². The second kappa shape index (κ2) is 5.70. The van der Waals surface area contributed by atoms with Gasteiger partial charge in [0.1, 0.15) is 0 Å². The highest BCUT2D eigenvalue weighted by Crippen LogP contribution is 2.27. The molecule has 1 unspecified atom stereocenters. The first-order chi connectivity index (χ1) is 8.56. The van der Waals surface area contributed by atoms with Crippen LogP contribution >= 0.6 is 0 Å². The zero-order chi connectivity index (χ0) is 13.1. The summed E-state index contributed by atoms with van der Waals surface area (Å²) in [4.78, 5) is 6.95. The van der Waals surface area contributed by atoms with E-state index in [1.807, 2.05) is 6.20 Å². The minimum atomic E-state index is 0.511. The van der Waals surface area contributed by atoms with Crippen LogP contribution in [-0.2, 0) is 6.54 Å². The molecule has 3 nitrogen and oxygen atoms in total. The van der Waals surface area contributed by atoms with Gasteiger partial charge in [0.15, 0.2) is 0 Å². The molecule has 1 aliphatic heterocycles.